The molecule has 0 saturated carbocycles. The number of aromatic nitrogens is 1. The summed E-state index contributed by atoms with van der Waals surface area (Å²) in [6.45, 7) is 8.91. The fourth-order valence-electron chi connectivity index (χ4n) is 3.87. The molecule has 142 valence electrons. The zero-order valence-electron chi connectivity index (χ0n) is 16.4. The Kier molecular flexibility index (Phi) is 6.56. The van der Waals surface area contributed by atoms with E-state index in [-0.39, 0.29) is 0 Å². The van der Waals surface area contributed by atoms with Crippen LogP contribution in [-0.4, -0.2) is 55.1 Å². The third-order valence-electron chi connectivity index (χ3n) is 5.46. The highest BCUT2D eigenvalue weighted by atomic mass is 15.2. The predicted molar refractivity (Wildman–Crippen MR) is 111 cm³/mol. The zero-order valence-corrected chi connectivity index (χ0v) is 16.4. The number of para-hydroxylation sites is 1. The Morgan fingerprint density at radius 1 is 1.35 bits per heavy atom. The maximum Gasteiger partial charge on any atom is 0.191 e. The van der Waals surface area contributed by atoms with E-state index in [2.05, 4.69) is 69.8 Å². The molecule has 1 aliphatic heterocycles. The molecule has 5 nitrogen and oxygen atoms in total. The summed E-state index contributed by atoms with van der Waals surface area (Å²) in [5.41, 5.74) is 2.55. The molecule has 26 heavy (non-hydrogen) atoms. The Morgan fingerprint density at radius 2 is 2.19 bits per heavy atom. The van der Waals surface area contributed by atoms with Crippen molar-refractivity contribution in [3.05, 3.63) is 36.0 Å². The number of nitrogens with zero attached hydrogens (tertiary/aromatic N) is 2. The Bertz CT molecular complexity index is 720. The van der Waals surface area contributed by atoms with Gasteiger partial charge in [-0.3, -0.25) is 9.89 Å². The molecule has 0 spiro atoms. The van der Waals surface area contributed by atoms with E-state index >= 15 is 0 Å². The van der Waals surface area contributed by atoms with Gasteiger partial charge in [-0.2, -0.15) is 0 Å². The van der Waals surface area contributed by atoms with Crippen molar-refractivity contribution in [1.82, 2.24) is 20.5 Å². The van der Waals surface area contributed by atoms with E-state index in [1.807, 2.05) is 7.05 Å². The predicted octanol–water partition coefficient (Wildman–Crippen LogP) is 3.00. The number of nitrogens with one attached hydrogen (secondary N) is 3. The Hall–Kier alpha value is -2.01. The van der Waals surface area contributed by atoms with E-state index in [1.165, 1.54) is 42.4 Å². The van der Waals surface area contributed by atoms with Crippen molar-refractivity contribution in [1.29, 1.82) is 0 Å². The molecule has 2 heterocycles. The molecule has 2 aromatic rings. The number of rotatable bonds is 6. The van der Waals surface area contributed by atoms with Crippen molar-refractivity contribution in [2.45, 2.75) is 39.2 Å². The van der Waals surface area contributed by atoms with Crippen molar-refractivity contribution in [3.63, 3.8) is 0 Å². The van der Waals surface area contributed by atoms with E-state index in [9.17, 15) is 0 Å². The molecule has 1 aromatic heterocycles. The topological polar surface area (TPSA) is 55.5 Å². The number of guanidine groups is 1. The van der Waals surface area contributed by atoms with Gasteiger partial charge >= 0.3 is 0 Å². The number of H-pyrrole nitrogens is 1. The molecule has 1 saturated heterocycles. The minimum Gasteiger partial charge on any atom is -0.361 e. The van der Waals surface area contributed by atoms with Gasteiger partial charge < -0.3 is 15.6 Å². The first-order valence-corrected chi connectivity index (χ1v) is 9.91. The molecule has 0 aliphatic carbocycles. The number of benzene rings is 1. The number of aliphatic imine (C=N–C) groups is 1. The molecule has 3 N–H and O–H groups in total. The van der Waals surface area contributed by atoms with Gasteiger partial charge in [-0.15, -0.1) is 0 Å². The van der Waals surface area contributed by atoms with Crippen molar-refractivity contribution >= 4 is 16.9 Å². The zero-order chi connectivity index (χ0) is 18.4. The Labute approximate surface area is 157 Å². The van der Waals surface area contributed by atoms with Gasteiger partial charge in [-0.25, -0.2) is 0 Å². The summed E-state index contributed by atoms with van der Waals surface area (Å²) in [6, 6.07) is 8.99. The molecular formula is C21H33N5. The molecule has 2 unspecified atom stereocenters. The van der Waals surface area contributed by atoms with Gasteiger partial charge in [0.1, 0.15) is 0 Å². The van der Waals surface area contributed by atoms with E-state index in [1.54, 1.807) is 0 Å². The molecule has 1 fully saturated rings. The highest BCUT2D eigenvalue weighted by Crippen LogP contribution is 2.18. The average molecular weight is 356 g/mol. The Balaban J connectivity index is 1.43. The summed E-state index contributed by atoms with van der Waals surface area (Å²) in [4.78, 5) is 10.3. The van der Waals surface area contributed by atoms with Gasteiger partial charge in [-0.05, 0) is 50.3 Å². The molecule has 0 amide bonds. The first-order chi connectivity index (χ1) is 12.7. The highest BCUT2D eigenvalue weighted by Gasteiger charge is 2.20. The third kappa shape index (κ3) is 4.79. The summed E-state index contributed by atoms with van der Waals surface area (Å²) in [5, 5.41) is 8.24. The summed E-state index contributed by atoms with van der Waals surface area (Å²) in [7, 11) is 1.84. The number of hydrogen-bond acceptors (Lipinski definition) is 2. The molecule has 1 aromatic carbocycles. The molecule has 2 atom stereocenters. The van der Waals surface area contributed by atoms with Crippen LogP contribution in [-0.2, 0) is 6.42 Å². The van der Waals surface area contributed by atoms with Crippen LogP contribution in [0.25, 0.3) is 10.9 Å². The van der Waals surface area contributed by atoms with Crippen molar-refractivity contribution < 1.29 is 0 Å². The summed E-state index contributed by atoms with van der Waals surface area (Å²) >= 11 is 0. The summed E-state index contributed by atoms with van der Waals surface area (Å²) < 4.78 is 0. The normalized spacial score (nSPS) is 20.3. The number of piperidine rings is 1. The summed E-state index contributed by atoms with van der Waals surface area (Å²) in [6.07, 6.45) is 5.78. The second-order valence-electron chi connectivity index (χ2n) is 7.58. The van der Waals surface area contributed by atoms with Crippen molar-refractivity contribution in [2.24, 2.45) is 10.9 Å². The van der Waals surface area contributed by atoms with Gasteiger partial charge in [0, 0.05) is 49.8 Å². The number of fused-ring (bicyclic) bond motifs is 1. The van der Waals surface area contributed by atoms with Gasteiger partial charge in [0.25, 0.3) is 0 Å². The van der Waals surface area contributed by atoms with Crippen LogP contribution in [0.3, 0.4) is 0 Å². The second kappa shape index (κ2) is 9.08. The van der Waals surface area contributed by atoms with E-state index in [0.717, 1.165) is 31.4 Å². The number of hydrogen-bond donors (Lipinski definition) is 3. The van der Waals surface area contributed by atoms with Crippen LogP contribution in [0, 0.1) is 5.92 Å². The second-order valence-corrected chi connectivity index (χ2v) is 7.58. The number of aromatic amines is 1. The monoisotopic (exact) mass is 355 g/mol. The molecule has 0 bridgehead atoms. The number of likely N-dealkylation sites (tertiary alicyclic amines) is 1. The van der Waals surface area contributed by atoms with Crippen LogP contribution in [0.5, 0.6) is 0 Å². The molecule has 0 radical (unpaired) electrons. The van der Waals surface area contributed by atoms with Gasteiger partial charge in [0.05, 0.1) is 0 Å². The van der Waals surface area contributed by atoms with Crippen molar-refractivity contribution in [3.8, 4) is 0 Å². The van der Waals surface area contributed by atoms with Crippen LogP contribution in [0.1, 0.15) is 32.3 Å². The maximum absolute atomic E-state index is 4.37. The van der Waals surface area contributed by atoms with Gasteiger partial charge in [0.15, 0.2) is 5.96 Å². The standard InChI is InChI=1S/C21H33N5/c1-16-7-6-12-26(15-16)17(2)13-25-21(22-3)23-11-10-18-14-24-20-9-5-4-8-19(18)20/h4-5,8-9,14,16-17,24H,6-7,10-13,15H2,1-3H3,(H2,22,23,25). The Morgan fingerprint density at radius 3 is 3.00 bits per heavy atom. The van der Waals surface area contributed by atoms with Crippen LogP contribution in [0.2, 0.25) is 0 Å². The third-order valence-corrected chi connectivity index (χ3v) is 5.46. The van der Waals surface area contributed by atoms with Gasteiger partial charge in [-0.1, -0.05) is 25.1 Å². The fraction of sp³-hybridized carbons (Fsp3) is 0.571. The lowest BCUT2D eigenvalue weighted by atomic mass is 9.99. The fourth-order valence-corrected chi connectivity index (χ4v) is 3.87. The molecular weight excluding hydrogens is 322 g/mol. The average Bonchev–Trinajstić information content (AvgIpc) is 3.07. The quantitative estimate of drug-likeness (QED) is 0.551. The van der Waals surface area contributed by atoms with E-state index in [0.29, 0.717) is 6.04 Å². The first-order valence-electron chi connectivity index (χ1n) is 9.91. The van der Waals surface area contributed by atoms with Crippen LogP contribution >= 0.6 is 0 Å². The summed E-state index contributed by atoms with van der Waals surface area (Å²) in [5.74, 6) is 1.71. The van der Waals surface area contributed by atoms with Gasteiger partial charge in [0.2, 0.25) is 0 Å². The van der Waals surface area contributed by atoms with Crippen molar-refractivity contribution in [2.75, 3.05) is 33.2 Å². The maximum atomic E-state index is 4.37. The van der Waals surface area contributed by atoms with E-state index < -0.39 is 0 Å². The molecule has 3 rings (SSSR count). The van der Waals surface area contributed by atoms with Crippen LogP contribution in [0.15, 0.2) is 35.5 Å². The van der Waals surface area contributed by atoms with E-state index in [4.69, 9.17) is 0 Å². The lowest BCUT2D eigenvalue weighted by Gasteiger charge is -2.35. The largest absolute Gasteiger partial charge is 0.361 e. The highest BCUT2D eigenvalue weighted by molar-refractivity contribution is 5.83. The minimum absolute atomic E-state index is 0.532. The molecule has 1 aliphatic rings. The first kappa shape index (κ1) is 18.8. The minimum atomic E-state index is 0.532. The van der Waals surface area contributed by atoms with Crippen LogP contribution < -0.4 is 10.6 Å². The lowest BCUT2D eigenvalue weighted by molar-refractivity contribution is 0.139. The lowest BCUT2D eigenvalue weighted by Crippen LogP contribution is -2.48. The molecule has 5 heteroatoms. The SMILES string of the molecule is CN=C(NCCc1c[nH]c2ccccc12)NCC(C)N1CCCC(C)C1. The smallest absolute Gasteiger partial charge is 0.191 e. The van der Waals surface area contributed by atoms with Crippen LogP contribution in [0.4, 0.5) is 0 Å².